The summed E-state index contributed by atoms with van der Waals surface area (Å²) >= 11 is 2.62. The first-order valence-electron chi connectivity index (χ1n) is 0.129. The van der Waals surface area contributed by atoms with Crippen LogP contribution in [0.3, 0.4) is 0 Å². The molecule has 0 saturated carbocycles. The van der Waals surface area contributed by atoms with Crippen molar-refractivity contribution in [2.24, 2.45) is 0 Å². The Morgan fingerprint density at radius 2 is 1.25 bits per heavy atom. The zero-order valence-corrected chi connectivity index (χ0v) is 12.1. The summed E-state index contributed by atoms with van der Waals surface area (Å²) in [7, 11) is 0. The molecule has 0 bridgehead atoms. The Morgan fingerprint density at radius 1 is 1.25 bits per heavy atom. The van der Waals surface area contributed by atoms with Gasteiger partial charge in [-0.3, -0.25) is 0 Å². The molecular weight excluding hydrogens is 423 g/mol. The quantitative estimate of drug-likeness (QED) is 0.441. The van der Waals surface area contributed by atoms with Gasteiger partial charge in [0.05, 0.1) is 0 Å². The van der Waals surface area contributed by atoms with Crippen molar-refractivity contribution in [2.45, 2.75) is 0 Å². The van der Waals surface area contributed by atoms with E-state index in [1.807, 2.05) is 0 Å². The maximum atomic E-state index is 7.88. The number of hydrogen-bond donors (Lipinski definition) is 0. The van der Waals surface area contributed by atoms with Crippen LogP contribution in [0.15, 0.2) is 0 Å². The third kappa shape index (κ3) is 8.84. The molecule has 0 saturated heterocycles. The number of rotatable bonds is 0. The van der Waals surface area contributed by atoms with Crippen LogP contribution in [0.2, 0.25) is 0 Å². The van der Waals surface area contributed by atoms with Gasteiger partial charge in [0.15, 0.2) is 0 Å². The van der Waals surface area contributed by atoms with Crippen molar-refractivity contribution in [3.8, 4) is 0 Å². The molecule has 0 aliphatic rings. The van der Waals surface area contributed by atoms with Crippen LogP contribution in [-0.4, -0.2) is 26.2 Å². The van der Waals surface area contributed by atoms with Crippen LogP contribution in [-0.2, 0) is 19.3 Å². The Bertz CT molecular complexity index is 8.00. The van der Waals surface area contributed by atoms with Crippen LogP contribution in [0.4, 0.5) is 0 Å². The fourth-order valence-corrected chi connectivity index (χ4v) is 0. The van der Waals surface area contributed by atoms with E-state index in [9.17, 15) is 0 Å². The molecule has 0 heterocycles. The van der Waals surface area contributed by atoms with E-state index in [1.54, 1.807) is 0 Å². The standard InChI is InChI=1S/Bi.La.Ni.O.3H. The SMILES string of the molecule is [BiH3].[La].[O]=[Ni]. The van der Waals surface area contributed by atoms with Gasteiger partial charge in [-0.05, 0) is 0 Å². The normalized spacial score (nSPS) is 1.50. The summed E-state index contributed by atoms with van der Waals surface area (Å²) < 4.78 is 7.88. The van der Waals surface area contributed by atoms with Crippen LogP contribution < -0.4 is 0 Å². The van der Waals surface area contributed by atoms with Gasteiger partial charge in [0, 0.05) is 35.6 Å². The zero-order chi connectivity index (χ0) is 2.00. The molecule has 4 heavy (non-hydrogen) atoms. The van der Waals surface area contributed by atoms with Gasteiger partial charge in [-0.15, -0.1) is 0 Å². The van der Waals surface area contributed by atoms with Crippen LogP contribution in [0.25, 0.3) is 0 Å². The molecule has 1 radical (unpaired) electrons. The van der Waals surface area contributed by atoms with E-state index in [2.05, 4.69) is 15.4 Å². The molecule has 0 fully saturated rings. The predicted molar refractivity (Wildman–Crippen MR) is 10.6 cm³/mol. The summed E-state index contributed by atoms with van der Waals surface area (Å²) in [6, 6.07) is 0. The van der Waals surface area contributed by atoms with E-state index in [0.29, 0.717) is 0 Å². The summed E-state index contributed by atoms with van der Waals surface area (Å²) in [5.41, 5.74) is 0. The first kappa shape index (κ1) is 16.2. The molecule has 4 heteroatoms. The molecule has 0 aromatic rings. The minimum absolute atomic E-state index is 0. The second-order valence-electron chi connectivity index (χ2n) is 0. The number of hydrogen-bond acceptors (Lipinski definition) is 1. The van der Waals surface area contributed by atoms with E-state index in [-0.39, 0.29) is 61.8 Å². The van der Waals surface area contributed by atoms with Gasteiger partial charge in [-0.1, -0.05) is 0 Å². The molecule has 0 aliphatic carbocycles. The zero-order valence-electron chi connectivity index (χ0n) is 2.01. The molecule has 0 amide bonds. The van der Waals surface area contributed by atoms with Crippen molar-refractivity contribution in [3.63, 3.8) is 0 Å². The Kier molecular flexibility index (Phi) is 73.8. The van der Waals surface area contributed by atoms with Gasteiger partial charge in [-0.25, -0.2) is 0 Å². The van der Waals surface area contributed by atoms with E-state index >= 15 is 0 Å². The molecule has 27 valence electrons. The predicted octanol–water partition coefficient (Wildman–Crippen LogP) is -1.31. The molecule has 0 spiro atoms. The molecule has 0 rings (SSSR count). The van der Waals surface area contributed by atoms with Crippen molar-refractivity contribution >= 4 is 26.2 Å². The Labute approximate surface area is 79.6 Å². The molecule has 0 N–H and O–H groups in total. The van der Waals surface area contributed by atoms with Crippen molar-refractivity contribution in [3.05, 3.63) is 0 Å². The third-order valence-corrected chi connectivity index (χ3v) is 0. The van der Waals surface area contributed by atoms with E-state index < -0.39 is 0 Å². The summed E-state index contributed by atoms with van der Waals surface area (Å²) in [6.07, 6.45) is 0. The van der Waals surface area contributed by atoms with E-state index in [1.165, 1.54) is 0 Å². The molecule has 1 nitrogen and oxygen atoms in total. The molecule has 0 aliphatic heterocycles. The van der Waals surface area contributed by atoms with Gasteiger partial charge < -0.3 is 0 Å². The van der Waals surface area contributed by atoms with Gasteiger partial charge in [0.25, 0.3) is 0 Å². The Hall–Kier alpha value is 2.37. The summed E-state index contributed by atoms with van der Waals surface area (Å²) in [4.78, 5) is 0. The fraction of sp³-hybridized carbons (Fsp3) is 0. The molecule has 0 aromatic carbocycles. The molecule has 0 unspecified atom stereocenters. The summed E-state index contributed by atoms with van der Waals surface area (Å²) in [6.45, 7) is 0. The third-order valence-electron chi connectivity index (χ3n) is 0. The average Bonchev–Trinajstić information content (AvgIpc) is 1.00. The maximum absolute atomic E-state index is 7.88. The van der Waals surface area contributed by atoms with Crippen molar-refractivity contribution in [1.29, 1.82) is 0 Å². The fourth-order valence-electron chi connectivity index (χ4n) is 0. The first-order chi connectivity index (χ1) is 1.00. The topological polar surface area (TPSA) is 17.1 Å². The average molecular weight is 426 g/mol. The van der Waals surface area contributed by atoms with Crippen LogP contribution in [0, 0.1) is 35.6 Å². The summed E-state index contributed by atoms with van der Waals surface area (Å²) in [5, 5.41) is 0. The van der Waals surface area contributed by atoms with Crippen LogP contribution in [0.1, 0.15) is 0 Å². The summed E-state index contributed by atoms with van der Waals surface area (Å²) in [5.74, 6) is 0. The second-order valence-corrected chi connectivity index (χ2v) is 0. The molecular formula is H3BiLaNiO. The molecule has 0 aromatic heterocycles. The van der Waals surface area contributed by atoms with Crippen LogP contribution >= 0.6 is 0 Å². The van der Waals surface area contributed by atoms with Crippen molar-refractivity contribution in [2.75, 3.05) is 0 Å². The van der Waals surface area contributed by atoms with Crippen molar-refractivity contribution < 1.29 is 54.9 Å². The Balaban J connectivity index is -0.00000000500. The van der Waals surface area contributed by atoms with Gasteiger partial charge >= 0.3 is 45.5 Å². The minimum atomic E-state index is 0. The monoisotopic (exact) mass is 425 g/mol. The van der Waals surface area contributed by atoms with Gasteiger partial charge in [0.2, 0.25) is 0 Å². The second kappa shape index (κ2) is 18.3. The van der Waals surface area contributed by atoms with Gasteiger partial charge in [0.1, 0.15) is 0 Å². The van der Waals surface area contributed by atoms with Gasteiger partial charge in [-0.2, -0.15) is 0 Å². The first-order valence-corrected chi connectivity index (χ1v) is 0.532. The van der Waals surface area contributed by atoms with E-state index in [0.717, 1.165) is 0 Å². The Morgan fingerprint density at radius 3 is 1.25 bits per heavy atom. The van der Waals surface area contributed by atoms with E-state index in [4.69, 9.17) is 3.90 Å². The van der Waals surface area contributed by atoms with Crippen molar-refractivity contribution in [1.82, 2.24) is 0 Å². The molecule has 0 atom stereocenters. The van der Waals surface area contributed by atoms with Crippen LogP contribution in [0.5, 0.6) is 0 Å².